The fourth-order valence-electron chi connectivity index (χ4n) is 2.05. The van der Waals surface area contributed by atoms with Crippen LogP contribution in [0, 0.1) is 0 Å². The van der Waals surface area contributed by atoms with Gasteiger partial charge in [-0.05, 0) is 18.2 Å². The Kier molecular flexibility index (Phi) is 6.12. The topological polar surface area (TPSA) is 62.6 Å². The number of nitrogens with zero attached hydrogens (tertiary/aromatic N) is 2. The van der Waals surface area contributed by atoms with Crippen LogP contribution >= 0.6 is 0 Å². The average Bonchev–Trinajstić information content (AvgIpc) is 3.03. The molecule has 6 nitrogen and oxygen atoms in total. The zero-order valence-corrected chi connectivity index (χ0v) is 12.8. The largest absolute Gasteiger partial charge is 0.469 e. The van der Waals surface area contributed by atoms with E-state index in [-0.39, 0.29) is 12.4 Å². The lowest BCUT2D eigenvalue weighted by Gasteiger charge is -2.15. The number of carbonyl (C=O) groups excluding carboxylic acids is 1. The van der Waals surface area contributed by atoms with Crippen LogP contribution in [0.5, 0.6) is 0 Å². The number of rotatable bonds is 8. The molecule has 0 radical (unpaired) electrons. The lowest BCUT2D eigenvalue weighted by Crippen LogP contribution is -2.22. The van der Waals surface area contributed by atoms with E-state index in [2.05, 4.69) is 9.84 Å². The predicted molar refractivity (Wildman–Crippen MR) is 80.7 cm³/mol. The van der Waals surface area contributed by atoms with Gasteiger partial charge in [0.1, 0.15) is 0 Å². The van der Waals surface area contributed by atoms with Crippen molar-refractivity contribution in [3.8, 4) is 5.69 Å². The van der Waals surface area contributed by atoms with Crippen molar-refractivity contribution in [3.63, 3.8) is 0 Å². The maximum Gasteiger partial charge on any atom is 0.310 e. The highest BCUT2D eigenvalue weighted by Gasteiger charge is 2.14. The standard InChI is InChI=1S/C16H20N2O4/c1-20-15(19)12-16(21-2)22-11-9-14-8-10-17-18(14)13-6-4-3-5-7-13/h3-8,10,16H,9,11-12H2,1-2H3. The minimum atomic E-state index is -0.597. The van der Waals surface area contributed by atoms with E-state index in [9.17, 15) is 4.79 Å². The number of aromatic nitrogens is 2. The molecule has 0 aliphatic rings. The van der Waals surface area contributed by atoms with Crippen molar-refractivity contribution < 1.29 is 19.0 Å². The smallest absolute Gasteiger partial charge is 0.310 e. The first-order valence-corrected chi connectivity index (χ1v) is 7.04. The average molecular weight is 304 g/mol. The number of ether oxygens (including phenoxy) is 3. The van der Waals surface area contributed by atoms with Crippen LogP contribution in [-0.2, 0) is 25.4 Å². The number of benzene rings is 1. The molecule has 0 amide bonds. The van der Waals surface area contributed by atoms with Gasteiger partial charge < -0.3 is 14.2 Å². The summed E-state index contributed by atoms with van der Waals surface area (Å²) in [6, 6.07) is 11.8. The van der Waals surface area contributed by atoms with Gasteiger partial charge in [0.15, 0.2) is 6.29 Å². The number of methoxy groups -OCH3 is 2. The van der Waals surface area contributed by atoms with Gasteiger partial charge in [-0.1, -0.05) is 18.2 Å². The van der Waals surface area contributed by atoms with Crippen molar-refractivity contribution >= 4 is 5.97 Å². The molecule has 6 heteroatoms. The molecule has 1 aromatic carbocycles. The van der Waals surface area contributed by atoms with Crippen LogP contribution in [0.25, 0.3) is 5.69 Å². The molecule has 2 rings (SSSR count). The van der Waals surface area contributed by atoms with E-state index in [0.29, 0.717) is 13.0 Å². The highest BCUT2D eigenvalue weighted by atomic mass is 16.7. The number of carbonyl (C=O) groups is 1. The molecule has 1 heterocycles. The summed E-state index contributed by atoms with van der Waals surface area (Å²) in [5.74, 6) is -0.360. The molecule has 0 aliphatic carbocycles. The summed E-state index contributed by atoms with van der Waals surface area (Å²) in [7, 11) is 2.84. The highest BCUT2D eigenvalue weighted by Crippen LogP contribution is 2.11. The second-order valence-electron chi connectivity index (χ2n) is 4.64. The molecule has 1 atom stereocenters. The van der Waals surface area contributed by atoms with E-state index >= 15 is 0 Å². The molecular formula is C16H20N2O4. The molecule has 0 spiro atoms. The molecule has 118 valence electrons. The quantitative estimate of drug-likeness (QED) is 0.551. The van der Waals surface area contributed by atoms with Crippen molar-refractivity contribution in [2.24, 2.45) is 0 Å². The van der Waals surface area contributed by atoms with Crippen molar-refractivity contribution in [3.05, 3.63) is 48.3 Å². The van der Waals surface area contributed by atoms with E-state index in [1.807, 2.05) is 41.1 Å². The monoisotopic (exact) mass is 304 g/mol. The van der Waals surface area contributed by atoms with E-state index in [0.717, 1.165) is 11.4 Å². The van der Waals surface area contributed by atoms with Crippen molar-refractivity contribution in [2.45, 2.75) is 19.1 Å². The first-order chi connectivity index (χ1) is 10.7. The summed E-state index contributed by atoms with van der Waals surface area (Å²) < 4.78 is 17.1. The Morgan fingerprint density at radius 1 is 1.23 bits per heavy atom. The Balaban J connectivity index is 1.90. The van der Waals surface area contributed by atoms with Crippen LogP contribution in [0.2, 0.25) is 0 Å². The molecule has 0 fully saturated rings. The number of esters is 1. The molecule has 0 saturated carbocycles. The predicted octanol–water partition coefficient (Wildman–Crippen LogP) is 1.97. The summed E-state index contributed by atoms with van der Waals surface area (Å²) in [5.41, 5.74) is 2.03. The molecule has 22 heavy (non-hydrogen) atoms. The van der Waals surface area contributed by atoms with Crippen molar-refractivity contribution in [2.75, 3.05) is 20.8 Å². The van der Waals surface area contributed by atoms with E-state index in [1.165, 1.54) is 14.2 Å². The molecule has 0 aliphatic heterocycles. The van der Waals surface area contributed by atoms with Crippen LogP contribution in [0.15, 0.2) is 42.6 Å². The summed E-state index contributed by atoms with van der Waals surface area (Å²) >= 11 is 0. The highest BCUT2D eigenvalue weighted by molar-refractivity contribution is 5.69. The van der Waals surface area contributed by atoms with Crippen LogP contribution in [-0.4, -0.2) is 42.9 Å². The minimum absolute atomic E-state index is 0.0744. The van der Waals surface area contributed by atoms with Gasteiger partial charge in [0.25, 0.3) is 0 Å². The summed E-state index contributed by atoms with van der Waals surface area (Å²) in [4.78, 5) is 11.2. The van der Waals surface area contributed by atoms with Gasteiger partial charge in [-0.15, -0.1) is 0 Å². The minimum Gasteiger partial charge on any atom is -0.469 e. The van der Waals surface area contributed by atoms with Crippen LogP contribution in [0.1, 0.15) is 12.1 Å². The van der Waals surface area contributed by atoms with Crippen LogP contribution in [0.3, 0.4) is 0 Å². The van der Waals surface area contributed by atoms with Crippen LogP contribution < -0.4 is 0 Å². The molecular weight excluding hydrogens is 284 g/mol. The Bertz CT molecular complexity index is 583. The summed E-state index contributed by atoms with van der Waals surface area (Å²) in [6.07, 6.45) is 1.89. The van der Waals surface area contributed by atoms with Gasteiger partial charge in [-0.2, -0.15) is 5.10 Å². The molecule has 0 bridgehead atoms. The second kappa shape index (κ2) is 8.31. The maximum absolute atomic E-state index is 11.2. The molecule has 0 saturated heterocycles. The van der Waals surface area contributed by atoms with Crippen molar-refractivity contribution in [1.29, 1.82) is 0 Å². The third-order valence-corrected chi connectivity index (χ3v) is 3.21. The van der Waals surface area contributed by atoms with Gasteiger partial charge in [0.05, 0.1) is 25.8 Å². The molecule has 2 aromatic rings. The number of hydrogen-bond donors (Lipinski definition) is 0. The van der Waals surface area contributed by atoms with Gasteiger partial charge in [-0.3, -0.25) is 4.79 Å². The zero-order chi connectivity index (χ0) is 15.8. The second-order valence-corrected chi connectivity index (χ2v) is 4.64. The lowest BCUT2D eigenvalue weighted by atomic mass is 10.3. The number of hydrogen-bond acceptors (Lipinski definition) is 5. The molecule has 0 N–H and O–H groups in total. The van der Waals surface area contributed by atoms with Gasteiger partial charge >= 0.3 is 5.97 Å². The molecule has 1 unspecified atom stereocenters. The third kappa shape index (κ3) is 4.41. The summed E-state index contributed by atoms with van der Waals surface area (Å²) in [5, 5.41) is 4.32. The summed E-state index contributed by atoms with van der Waals surface area (Å²) in [6.45, 7) is 0.425. The van der Waals surface area contributed by atoms with Gasteiger partial charge in [-0.25, -0.2) is 4.68 Å². The fourth-order valence-corrected chi connectivity index (χ4v) is 2.05. The fraction of sp³-hybridized carbons (Fsp3) is 0.375. The maximum atomic E-state index is 11.2. The van der Waals surface area contributed by atoms with Crippen LogP contribution in [0.4, 0.5) is 0 Å². The Morgan fingerprint density at radius 3 is 2.68 bits per heavy atom. The SMILES string of the molecule is COC(=O)CC(OC)OCCc1ccnn1-c1ccccc1. The first kappa shape index (κ1) is 16.2. The lowest BCUT2D eigenvalue weighted by molar-refractivity contribution is -0.161. The van der Waals surface area contributed by atoms with E-state index < -0.39 is 6.29 Å². The Labute approximate surface area is 129 Å². The van der Waals surface area contributed by atoms with E-state index in [1.54, 1.807) is 6.20 Å². The first-order valence-electron chi connectivity index (χ1n) is 7.04. The molecule has 1 aromatic heterocycles. The van der Waals surface area contributed by atoms with E-state index in [4.69, 9.17) is 9.47 Å². The van der Waals surface area contributed by atoms with Gasteiger partial charge in [0.2, 0.25) is 0 Å². The Hall–Kier alpha value is -2.18. The van der Waals surface area contributed by atoms with Crippen molar-refractivity contribution in [1.82, 2.24) is 9.78 Å². The third-order valence-electron chi connectivity index (χ3n) is 3.21. The van der Waals surface area contributed by atoms with Gasteiger partial charge in [0, 0.05) is 25.4 Å². The zero-order valence-electron chi connectivity index (χ0n) is 12.8. The normalized spacial score (nSPS) is 12.1. The number of para-hydroxylation sites is 1. The Morgan fingerprint density at radius 2 is 2.00 bits per heavy atom.